The van der Waals surface area contributed by atoms with E-state index < -0.39 is 0 Å². The number of nitrogens with one attached hydrogen (secondary N) is 1. The molecule has 1 N–H and O–H groups in total. The quantitative estimate of drug-likeness (QED) is 0.796. The van der Waals surface area contributed by atoms with Gasteiger partial charge in [-0.15, -0.1) is 0 Å². The third-order valence-corrected chi connectivity index (χ3v) is 3.39. The summed E-state index contributed by atoms with van der Waals surface area (Å²) in [5.41, 5.74) is 2.90. The molecule has 0 radical (unpaired) electrons. The SMILES string of the molecule is Cc1cc(C)c(C(=O)CN2CCN(C)CC2)[nH]1. The number of nitrogens with zero attached hydrogens (tertiary/aromatic N) is 2. The van der Waals surface area contributed by atoms with Gasteiger partial charge in [0, 0.05) is 31.9 Å². The van der Waals surface area contributed by atoms with E-state index in [9.17, 15) is 4.79 Å². The molecule has 1 saturated heterocycles. The highest BCUT2D eigenvalue weighted by atomic mass is 16.1. The number of hydrogen-bond acceptors (Lipinski definition) is 3. The molecule has 0 unspecified atom stereocenters. The Morgan fingerprint density at radius 1 is 1.29 bits per heavy atom. The zero-order valence-electron chi connectivity index (χ0n) is 10.9. The van der Waals surface area contributed by atoms with Crippen molar-refractivity contribution in [1.82, 2.24) is 14.8 Å². The molecule has 1 fully saturated rings. The van der Waals surface area contributed by atoms with Crippen LogP contribution >= 0.6 is 0 Å². The topological polar surface area (TPSA) is 39.3 Å². The molecular weight excluding hydrogens is 214 g/mol. The molecule has 2 heterocycles. The standard InChI is InChI=1S/C13H21N3O/c1-10-8-11(2)14-13(10)12(17)9-16-6-4-15(3)5-7-16/h8,14H,4-7,9H2,1-3H3. The van der Waals surface area contributed by atoms with Crippen molar-refractivity contribution in [2.24, 2.45) is 0 Å². The lowest BCUT2D eigenvalue weighted by Gasteiger charge is -2.31. The summed E-state index contributed by atoms with van der Waals surface area (Å²) < 4.78 is 0. The van der Waals surface area contributed by atoms with E-state index in [0.29, 0.717) is 6.54 Å². The molecule has 1 aliphatic heterocycles. The highest BCUT2D eigenvalue weighted by molar-refractivity contribution is 5.97. The molecule has 2 rings (SSSR count). The zero-order valence-corrected chi connectivity index (χ0v) is 10.9. The van der Waals surface area contributed by atoms with Gasteiger partial charge < -0.3 is 9.88 Å². The summed E-state index contributed by atoms with van der Waals surface area (Å²) in [7, 11) is 2.12. The van der Waals surface area contributed by atoms with Crippen LogP contribution in [0, 0.1) is 13.8 Å². The summed E-state index contributed by atoms with van der Waals surface area (Å²) >= 11 is 0. The first-order chi connectivity index (χ1) is 8.06. The third kappa shape index (κ3) is 2.96. The van der Waals surface area contributed by atoms with Crippen LogP contribution in [0.25, 0.3) is 0 Å². The highest BCUT2D eigenvalue weighted by Crippen LogP contribution is 2.11. The largest absolute Gasteiger partial charge is 0.356 e. The molecule has 4 nitrogen and oxygen atoms in total. The molecule has 0 aromatic carbocycles. The van der Waals surface area contributed by atoms with Crippen LogP contribution in [0.1, 0.15) is 21.7 Å². The van der Waals surface area contributed by atoms with E-state index in [4.69, 9.17) is 0 Å². The molecule has 1 aromatic rings. The molecule has 17 heavy (non-hydrogen) atoms. The van der Waals surface area contributed by atoms with Gasteiger partial charge in [0.1, 0.15) is 0 Å². The number of H-pyrrole nitrogens is 1. The van der Waals surface area contributed by atoms with Crippen LogP contribution in [0.4, 0.5) is 0 Å². The molecule has 94 valence electrons. The highest BCUT2D eigenvalue weighted by Gasteiger charge is 2.19. The molecular formula is C13H21N3O. The Morgan fingerprint density at radius 3 is 2.47 bits per heavy atom. The summed E-state index contributed by atoms with van der Waals surface area (Å²) in [4.78, 5) is 19.8. The molecule has 1 aromatic heterocycles. The van der Waals surface area contributed by atoms with Gasteiger partial charge in [0.15, 0.2) is 5.78 Å². The average molecular weight is 235 g/mol. The minimum Gasteiger partial charge on any atom is -0.356 e. The molecule has 0 spiro atoms. The Balaban J connectivity index is 1.95. The van der Waals surface area contributed by atoms with Gasteiger partial charge in [-0.3, -0.25) is 9.69 Å². The fourth-order valence-electron chi connectivity index (χ4n) is 2.31. The van der Waals surface area contributed by atoms with Crippen molar-refractivity contribution in [2.75, 3.05) is 39.8 Å². The summed E-state index contributed by atoms with van der Waals surface area (Å²) in [6, 6.07) is 2.03. The number of rotatable bonds is 3. The van der Waals surface area contributed by atoms with Gasteiger partial charge in [-0.1, -0.05) is 0 Å². The monoisotopic (exact) mass is 235 g/mol. The number of carbonyl (C=O) groups excluding carboxylic acids is 1. The maximum absolute atomic E-state index is 12.1. The first-order valence-corrected chi connectivity index (χ1v) is 6.16. The van der Waals surface area contributed by atoms with Crippen molar-refractivity contribution in [3.63, 3.8) is 0 Å². The lowest BCUT2D eigenvalue weighted by molar-refractivity contribution is 0.0871. The van der Waals surface area contributed by atoms with E-state index in [1.807, 2.05) is 19.9 Å². The number of hydrogen-bond donors (Lipinski definition) is 1. The van der Waals surface area contributed by atoms with E-state index in [2.05, 4.69) is 21.8 Å². The summed E-state index contributed by atoms with van der Waals surface area (Å²) in [6.45, 7) is 8.59. The molecule has 4 heteroatoms. The van der Waals surface area contributed by atoms with Gasteiger partial charge in [0.25, 0.3) is 0 Å². The van der Waals surface area contributed by atoms with Crippen molar-refractivity contribution in [2.45, 2.75) is 13.8 Å². The Morgan fingerprint density at radius 2 is 1.94 bits per heavy atom. The summed E-state index contributed by atoms with van der Waals surface area (Å²) in [5, 5.41) is 0. The number of likely N-dealkylation sites (N-methyl/N-ethyl adjacent to an activating group) is 1. The van der Waals surface area contributed by atoms with Crippen molar-refractivity contribution in [3.8, 4) is 0 Å². The Hall–Kier alpha value is -1.13. The predicted octanol–water partition coefficient (Wildman–Crippen LogP) is 1.06. The number of aryl methyl sites for hydroxylation is 2. The van der Waals surface area contributed by atoms with E-state index in [0.717, 1.165) is 43.1 Å². The number of Topliss-reactive ketones (excluding diaryl/α,β-unsaturated/α-hetero) is 1. The van der Waals surface area contributed by atoms with Crippen LogP contribution in [-0.2, 0) is 0 Å². The fraction of sp³-hybridized carbons (Fsp3) is 0.615. The molecule has 0 saturated carbocycles. The third-order valence-electron chi connectivity index (χ3n) is 3.39. The maximum atomic E-state index is 12.1. The Bertz CT molecular complexity index is 403. The second-order valence-electron chi connectivity index (χ2n) is 5.01. The maximum Gasteiger partial charge on any atom is 0.193 e. The Kier molecular flexibility index (Phi) is 3.64. The van der Waals surface area contributed by atoms with Crippen LogP contribution in [0.3, 0.4) is 0 Å². The van der Waals surface area contributed by atoms with Crippen LogP contribution in [0.2, 0.25) is 0 Å². The smallest absolute Gasteiger partial charge is 0.193 e. The van der Waals surface area contributed by atoms with E-state index in [1.54, 1.807) is 0 Å². The number of piperazine rings is 1. The number of aromatic amines is 1. The van der Waals surface area contributed by atoms with E-state index in [1.165, 1.54) is 0 Å². The minimum atomic E-state index is 0.208. The Labute approximate surface area is 103 Å². The van der Waals surface area contributed by atoms with Crippen LogP contribution < -0.4 is 0 Å². The minimum absolute atomic E-state index is 0.208. The molecule has 0 bridgehead atoms. The van der Waals surface area contributed by atoms with Crippen molar-refractivity contribution in [3.05, 3.63) is 23.0 Å². The molecule has 0 atom stereocenters. The summed E-state index contributed by atoms with van der Waals surface area (Å²) in [5.74, 6) is 0.208. The van der Waals surface area contributed by atoms with Gasteiger partial charge in [-0.05, 0) is 32.5 Å². The number of carbonyl (C=O) groups is 1. The summed E-state index contributed by atoms with van der Waals surface area (Å²) in [6.07, 6.45) is 0. The molecule has 0 aliphatic carbocycles. The average Bonchev–Trinajstić information content (AvgIpc) is 2.61. The van der Waals surface area contributed by atoms with Gasteiger partial charge >= 0.3 is 0 Å². The van der Waals surface area contributed by atoms with E-state index >= 15 is 0 Å². The normalized spacial score (nSPS) is 18.5. The lowest BCUT2D eigenvalue weighted by Crippen LogP contribution is -2.46. The van der Waals surface area contributed by atoms with Gasteiger partial charge in [-0.25, -0.2) is 0 Å². The lowest BCUT2D eigenvalue weighted by atomic mass is 10.2. The fourth-order valence-corrected chi connectivity index (χ4v) is 2.31. The van der Waals surface area contributed by atoms with Crippen molar-refractivity contribution < 1.29 is 4.79 Å². The van der Waals surface area contributed by atoms with Crippen molar-refractivity contribution in [1.29, 1.82) is 0 Å². The second-order valence-corrected chi connectivity index (χ2v) is 5.01. The van der Waals surface area contributed by atoms with Crippen LogP contribution in [0.5, 0.6) is 0 Å². The van der Waals surface area contributed by atoms with Gasteiger partial charge in [0.2, 0.25) is 0 Å². The first-order valence-electron chi connectivity index (χ1n) is 6.16. The number of aromatic nitrogens is 1. The number of ketones is 1. The van der Waals surface area contributed by atoms with E-state index in [-0.39, 0.29) is 5.78 Å². The van der Waals surface area contributed by atoms with Gasteiger partial charge in [0.05, 0.1) is 12.2 Å². The molecule has 1 aliphatic rings. The van der Waals surface area contributed by atoms with Crippen LogP contribution in [-0.4, -0.2) is 60.3 Å². The van der Waals surface area contributed by atoms with Crippen molar-refractivity contribution >= 4 is 5.78 Å². The molecule has 0 amide bonds. The zero-order chi connectivity index (χ0) is 12.4. The van der Waals surface area contributed by atoms with Crippen LogP contribution in [0.15, 0.2) is 6.07 Å². The second kappa shape index (κ2) is 5.02. The van der Waals surface area contributed by atoms with Gasteiger partial charge in [-0.2, -0.15) is 0 Å². The first kappa shape index (κ1) is 12.3. The predicted molar refractivity (Wildman–Crippen MR) is 68.5 cm³/mol.